The number of H-pyrrole nitrogens is 1. The van der Waals surface area contributed by atoms with Crippen LogP contribution in [0, 0.1) is 5.92 Å². The van der Waals surface area contributed by atoms with Crippen LogP contribution < -0.4 is 21.3 Å². The number of amides is 3. The maximum Gasteiger partial charge on any atom is 0.326 e. The van der Waals surface area contributed by atoms with E-state index >= 15 is 0 Å². The van der Waals surface area contributed by atoms with Crippen LogP contribution in [0.5, 0.6) is 5.75 Å². The van der Waals surface area contributed by atoms with Gasteiger partial charge in [0.1, 0.15) is 23.9 Å². The largest absolute Gasteiger partial charge is 0.508 e. The fraction of sp³-hybridized carbons (Fsp3) is 0.419. The van der Waals surface area contributed by atoms with E-state index in [9.17, 15) is 29.4 Å². The summed E-state index contributed by atoms with van der Waals surface area (Å²) in [5.41, 5.74) is 2.36. The smallest absolute Gasteiger partial charge is 0.326 e. The van der Waals surface area contributed by atoms with Gasteiger partial charge in [-0.2, -0.15) is 0 Å². The highest BCUT2D eigenvalue weighted by Gasteiger charge is 2.34. The lowest BCUT2D eigenvalue weighted by Gasteiger charge is -2.28. The van der Waals surface area contributed by atoms with Gasteiger partial charge in [-0.25, -0.2) is 4.79 Å². The number of benzene rings is 2. The molecule has 0 saturated carbocycles. The van der Waals surface area contributed by atoms with Crippen molar-refractivity contribution >= 4 is 34.6 Å². The van der Waals surface area contributed by atoms with E-state index in [1.165, 1.54) is 12.1 Å². The number of phenols is 1. The minimum atomic E-state index is -1.25. The molecular weight excluding hydrogens is 538 g/mol. The Balaban J connectivity index is 1.53. The third kappa shape index (κ3) is 7.67. The van der Waals surface area contributed by atoms with Crippen molar-refractivity contribution in [3.8, 4) is 5.75 Å². The molecule has 0 aliphatic carbocycles. The van der Waals surface area contributed by atoms with E-state index in [2.05, 4.69) is 26.3 Å². The minimum absolute atomic E-state index is 0.00381. The number of phenolic OH excluding ortho intramolecular Hbond substituents is 1. The van der Waals surface area contributed by atoms with Crippen LogP contribution >= 0.6 is 0 Å². The van der Waals surface area contributed by atoms with Crippen LogP contribution in [-0.2, 0) is 32.0 Å². The number of carbonyl (C=O) groups is 4. The Kier molecular flexibility index (Phi) is 10.2. The number of rotatable bonds is 13. The summed E-state index contributed by atoms with van der Waals surface area (Å²) in [6.07, 6.45) is 4.08. The Labute approximate surface area is 244 Å². The van der Waals surface area contributed by atoms with Gasteiger partial charge >= 0.3 is 5.97 Å². The molecule has 42 heavy (non-hydrogen) atoms. The van der Waals surface area contributed by atoms with Crippen molar-refractivity contribution in [1.82, 2.24) is 26.3 Å². The quantitative estimate of drug-likeness (QED) is 0.163. The maximum atomic E-state index is 13.8. The fourth-order valence-corrected chi connectivity index (χ4v) is 5.20. The van der Waals surface area contributed by atoms with Gasteiger partial charge in [-0.15, -0.1) is 0 Å². The van der Waals surface area contributed by atoms with E-state index in [0.717, 1.165) is 29.4 Å². The molecule has 3 aromatic rings. The first-order valence-corrected chi connectivity index (χ1v) is 14.4. The van der Waals surface area contributed by atoms with Gasteiger partial charge in [0.25, 0.3) is 0 Å². The molecule has 224 valence electrons. The van der Waals surface area contributed by atoms with E-state index < -0.39 is 42.0 Å². The van der Waals surface area contributed by atoms with Crippen LogP contribution in [0.25, 0.3) is 10.9 Å². The van der Waals surface area contributed by atoms with Crippen molar-refractivity contribution in [2.45, 2.75) is 70.1 Å². The summed E-state index contributed by atoms with van der Waals surface area (Å²) in [5.74, 6) is -2.93. The lowest BCUT2D eigenvalue weighted by Crippen LogP contribution is -2.59. The van der Waals surface area contributed by atoms with Crippen molar-refractivity contribution in [2.24, 2.45) is 5.92 Å². The number of aromatic hydroxyl groups is 1. The summed E-state index contributed by atoms with van der Waals surface area (Å²) in [5, 5.41) is 31.7. The summed E-state index contributed by atoms with van der Waals surface area (Å²) >= 11 is 0. The van der Waals surface area contributed by atoms with E-state index in [-0.39, 0.29) is 30.4 Å². The third-order valence-electron chi connectivity index (χ3n) is 7.89. The molecule has 1 aliphatic rings. The van der Waals surface area contributed by atoms with Gasteiger partial charge in [-0.3, -0.25) is 14.4 Å². The molecule has 2 heterocycles. The van der Waals surface area contributed by atoms with Crippen molar-refractivity contribution < 1.29 is 29.4 Å². The van der Waals surface area contributed by atoms with Gasteiger partial charge in [0.05, 0.1) is 6.04 Å². The molecular formula is C31H39N5O6. The Morgan fingerprint density at radius 3 is 2.36 bits per heavy atom. The average molecular weight is 578 g/mol. The van der Waals surface area contributed by atoms with Crippen molar-refractivity contribution in [3.63, 3.8) is 0 Å². The third-order valence-corrected chi connectivity index (χ3v) is 7.89. The summed E-state index contributed by atoms with van der Waals surface area (Å²) < 4.78 is 0. The first-order valence-electron chi connectivity index (χ1n) is 14.4. The summed E-state index contributed by atoms with van der Waals surface area (Å²) in [7, 11) is 0. The number of aliphatic carboxylic acids is 1. The first kappa shape index (κ1) is 30.6. The summed E-state index contributed by atoms with van der Waals surface area (Å²) in [6, 6.07) is 10.1. The zero-order chi connectivity index (χ0) is 30.2. The molecule has 0 spiro atoms. The fourth-order valence-electron chi connectivity index (χ4n) is 5.20. The standard InChI is InChI=1S/C31H39N5O6/c1-3-18(2)27(30(40)35-26(31(41)42)15-19-10-12-21(37)13-11-19)36-29(39)25(34-28(38)24-9-6-14-32-24)16-20-17-33-23-8-5-4-7-22(20)23/h4-5,7-8,10-13,17-18,24-27,32-33,37H,3,6,9,14-16H2,1-2H3,(H,34,38)(H,35,40)(H,36,39)(H,41,42). The van der Waals surface area contributed by atoms with E-state index in [0.29, 0.717) is 18.4 Å². The van der Waals surface area contributed by atoms with Gasteiger partial charge in [0.15, 0.2) is 0 Å². The number of carboxylic acids is 1. The Bertz CT molecular complexity index is 1400. The molecule has 0 bridgehead atoms. The number of carboxylic acid groups (broad SMARTS) is 1. The Morgan fingerprint density at radius 2 is 1.69 bits per heavy atom. The number of carbonyl (C=O) groups excluding carboxylic acids is 3. The highest BCUT2D eigenvalue weighted by atomic mass is 16.4. The van der Waals surface area contributed by atoms with Crippen LogP contribution in [0.2, 0.25) is 0 Å². The second-order valence-corrected chi connectivity index (χ2v) is 10.9. The number of fused-ring (bicyclic) bond motifs is 1. The molecule has 7 N–H and O–H groups in total. The van der Waals surface area contributed by atoms with Crippen LogP contribution in [0.4, 0.5) is 0 Å². The predicted molar refractivity (Wildman–Crippen MR) is 158 cm³/mol. The lowest BCUT2D eigenvalue weighted by atomic mass is 9.96. The van der Waals surface area contributed by atoms with Gasteiger partial charge in [0.2, 0.25) is 17.7 Å². The Hall–Kier alpha value is -4.38. The second-order valence-electron chi connectivity index (χ2n) is 10.9. The minimum Gasteiger partial charge on any atom is -0.508 e. The highest BCUT2D eigenvalue weighted by molar-refractivity contribution is 5.95. The molecule has 1 aliphatic heterocycles. The van der Waals surface area contributed by atoms with Crippen LogP contribution in [0.15, 0.2) is 54.7 Å². The summed E-state index contributed by atoms with van der Waals surface area (Å²) in [6.45, 7) is 4.40. The molecule has 0 radical (unpaired) electrons. The second kappa shape index (κ2) is 14.0. The first-order chi connectivity index (χ1) is 20.2. The molecule has 2 aromatic carbocycles. The van der Waals surface area contributed by atoms with Crippen LogP contribution in [-0.4, -0.2) is 69.6 Å². The van der Waals surface area contributed by atoms with Gasteiger partial charge < -0.3 is 36.5 Å². The highest BCUT2D eigenvalue weighted by Crippen LogP contribution is 2.20. The summed E-state index contributed by atoms with van der Waals surface area (Å²) in [4.78, 5) is 55.5. The van der Waals surface area contributed by atoms with E-state index in [1.54, 1.807) is 19.1 Å². The van der Waals surface area contributed by atoms with Crippen LogP contribution in [0.1, 0.15) is 44.2 Å². The molecule has 5 unspecified atom stereocenters. The molecule has 4 rings (SSSR count). The van der Waals surface area contributed by atoms with Crippen molar-refractivity contribution in [1.29, 1.82) is 0 Å². The number of nitrogens with one attached hydrogen (secondary N) is 5. The zero-order valence-electron chi connectivity index (χ0n) is 23.9. The molecule has 5 atom stereocenters. The van der Waals surface area contributed by atoms with Gasteiger partial charge in [-0.05, 0) is 54.6 Å². The molecule has 11 nitrogen and oxygen atoms in total. The molecule has 3 amide bonds. The van der Waals surface area contributed by atoms with Gasteiger partial charge in [-0.1, -0.05) is 50.6 Å². The van der Waals surface area contributed by atoms with Crippen LogP contribution in [0.3, 0.4) is 0 Å². The van der Waals surface area contributed by atoms with E-state index in [1.807, 2.05) is 37.4 Å². The molecule has 1 fully saturated rings. The number of hydrogen-bond acceptors (Lipinski definition) is 6. The van der Waals surface area contributed by atoms with Crippen molar-refractivity contribution in [2.75, 3.05) is 6.54 Å². The monoisotopic (exact) mass is 577 g/mol. The van der Waals surface area contributed by atoms with Crippen molar-refractivity contribution in [3.05, 3.63) is 65.9 Å². The lowest BCUT2D eigenvalue weighted by molar-refractivity contribution is -0.142. The van der Waals surface area contributed by atoms with E-state index in [4.69, 9.17) is 0 Å². The predicted octanol–water partition coefficient (Wildman–Crippen LogP) is 2.00. The normalized spacial score (nSPS) is 17.6. The molecule has 11 heteroatoms. The topological polar surface area (TPSA) is 173 Å². The average Bonchev–Trinajstić information content (AvgIpc) is 3.66. The number of aromatic nitrogens is 1. The van der Waals surface area contributed by atoms with Gasteiger partial charge in [0, 0.05) is 29.9 Å². The number of hydrogen-bond donors (Lipinski definition) is 7. The zero-order valence-corrected chi connectivity index (χ0v) is 23.9. The molecule has 1 aromatic heterocycles. The Morgan fingerprint density at radius 1 is 0.952 bits per heavy atom. The number of aromatic amines is 1. The number of para-hydroxylation sites is 1. The maximum absolute atomic E-state index is 13.8. The SMILES string of the molecule is CCC(C)C(NC(=O)C(Cc1c[nH]c2ccccc12)NC(=O)C1CCCN1)C(=O)NC(Cc1ccc(O)cc1)C(=O)O. The molecule has 1 saturated heterocycles.